The predicted molar refractivity (Wildman–Crippen MR) is 49.7 cm³/mol. The molecule has 0 fully saturated rings. The molecule has 1 unspecified atom stereocenters. The van der Waals surface area contributed by atoms with Gasteiger partial charge in [0.15, 0.2) is 0 Å². The highest BCUT2D eigenvalue weighted by atomic mass is 16.4. The van der Waals surface area contributed by atoms with E-state index in [0.717, 1.165) is 0 Å². The molecule has 0 heterocycles. The number of carbonyl (C=O) groups excluding carboxylic acids is 1. The standard InChI is InChI=1S/C8H16N2O4/c1-5(3-9-2)7(12)10-6(4-11)8(13)14/h5-6,9,11H,3-4H2,1-2H3,(H,10,12)(H,13,14)/t5?,6-/m1/s1. The zero-order valence-electron chi connectivity index (χ0n) is 8.28. The van der Waals surface area contributed by atoms with Gasteiger partial charge in [0.1, 0.15) is 6.04 Å². The molecule has 2 atom stereocenters. The van der Waals surface area contributed by atoms with Crippen molar-refractivity contribution < 1.29 is 19.8 Å². The molecule has 0 spiro atoms. The number of aliphatic hydroxyl groups is 1. The molecule has 14 heavy (non-hydrogen) atoms. The molecule has 0 aliphatic rings. The first-order valence-electron chi connectivity index (χ1n) is 4.31. The van der Waals surface area contributed by atoms with Crippen LogP contribution in [0.4, 0.5) is 0 Å². The summed E-state index contributed by atoms with van der Waals surface area (Å²) in [6, 6.07) is -1.22. The number of carbonyl (C=O) groups is 2. The van der Waals surface area contributed by atoms with E-state index in [-0.39, 0.29) is 11.8 Å². The summed E-state index contributed by atoms with van der Waals surface area (Å²) in [5.74, 6) is -1.95. The fraction of sp³-hybridized carbons (Fsp3) is 0.750. The highest BCUT2D eigenvalue weighted by Crippen LogP contribution is 1.94. The average molecular weight is 204 g/mol. The average Bonchev–Trinajstić information content (AvgIpc) is 2.13. The Bertz CT molecular complexity index is 208. The first-order chi connectivity index (χ1) is 6.52. The van der Waals surface area contributed by atoms with Crippen LogP contribution in [-0.4, -0.2) is 48.3 Å². The molecular weight excluding hydrogens is 188 g/mol. The van der Waals surface area contributed by atoms with Gasteiger partial charge in [-0.25, -0.2) is 4.79 Å². The molecule has 6 heteroatoms. The summed E-state index contributed by atoms with van der Waals surface area (Å²) >= 11 is 0. The number of rotatable bonds is 6. The summed E-state index contributed by atoms with van der Waals surface area (Å²) in [5, 5.41) is 22.2. The second-order valence-corrected chi connectivity index (χ2v) is 3.04. The lowest BCUT2D eigenvalue weighted by Gasteiger charge is -2.15. The van der Waals surface area contributed by atoms with Crippen molar-refractivity contribution in [3.63, 3.8) is 0 Å². The minimum atomic E-state index is -1.24. The minimum Gasteiger partial charge on any atom is -0.480 e. The Morgan fingerprint density at radius 1 is 1.43 bits per heavy atom. The van der Waals surface area contributed by atoms with Gasteiger partial charge in [-0.1, -0.05) is 6.92 Å². The van der Waals surface area contributed by atoms with Crippen molar-refractivity contribution in [2.75, 3.05) is 20.2 Å². The summed E-state index contributed by atoms with van der Waals surface area (Å²) in [6.07, 6.45) is 0. The van der Waals surface area contributed by atoms with Gasteiger partial charge in [-0.05, 0) is 7.05 Å². The van der Waals surface area contributed by atoms with Gasteiger partial charge in [0, 0.05) is 12.5 Å². The number of amides is 1. The topological polar surface area (TPSA) is 98.7 Å². The Labute approximate surface area is 82.3 Å². The fourth-order valence-corrected chi connectivity index (χ4v) is 0.898. The molecule has 0 radical (unpaired) electrons. The Balaban J connectivity index is 4.08. The normalized spacial score (nSPS) is 14.5. The first kappa shape index (κ1) is 12.9. The second kappa shape index (κ2) is 6.33. The molecule has 0 aliphatic carbocycles. The van der Waals surface area contributed by atoms with Gasteiger partial charge in [-0.2, -0.15) is 0 Å². The van der Waals surface area contributed by atoms with Crippen LogP contribution < -0.4 is 10.6 Å². The number of aliphatic carboxylic acids is 1. The molecule has 82 valence electrons. The van der Waals surface area contributed by atoms with Crippen LogP contribution in [-0.2, 0) is 9.59 Å². The van der Waals surface area contributed by atoms with E-state index in [4.69, 9.17) is 10.2 Å². The lowest BCUT2D eigenvalue weighted by atomic mass is 10.1. The van der Waals surface area contributed by atoms with Crippen molar-refractivity contribution in [2.24, 2.45) is 5.92 Å². The van der Waals surface area contributed by atoms with Crippen LogP contribution >= 0.6 is 0 Å². The van der Waals surface area contributed by atoms with E-state index < -0.39 is 18.6 Å². The third-order valence-electron chi connectivity index (χ3n) is 1.76. The Morgan fingerprint density at radius 3 is 2.36 bits per heavy atom. The van der Waals surface area contributed by atoms with Crippen molar-refractivity contribution in [1.29, 1.82) is 0 Å². The molecule has 0 bridgehead atoms. The van der Waals surface area contributed by atoms with E-state index >= 15 is 0 Å². The number of hydrogen-bond donors (Lipinski definition) is 4. The maximum atomic E-state index is 11.3. The van der Waals surface area contributed by atoms with E-state index in [1.165, 1.54) is 0 Å². The van der Waals surface area contributed by atoms with Gasteiger partial charge in [0.05, 0.1) is 6.61 Å². The number of carboxylic acids is 1. The SMILES string of the molecule is CNCC(C)C(=O)N[C@H](CO)C(=O)O. The van der Waals surface area contributed by atoms with Gasteiger partial charge >= 0.3 is 5.97 Å². The quantitative estimate of drug-likeness (QED) is 0.418. The summed E-state index contributed by atoms with van der Waals surface area (Å²) in [7, 11) is 1.70. The van der Waals surface area contributed by atoms with Gasteiger partial charge in [-0.3, -0.25) is 4.79 Å². The minimum absolute atomic E-state index is 0.326. The molecule has 1 amide bonds. The van der Waals surface area contributed by atoms with Gasteiger partial charge in [0.2, 0.25) is 5.91 Å². The Hall–Kier alpha value is -1.14. The van der Waals surface area contributed by atoms with Crippen LogP contribution in [0.25, 0.3) is 0 Å². The van der Waals surface area contributed by atoms with Crippen LogP contribution in [0, 0.1) is 5.92 Å². The summed E-state index contributed by atoms with van der Waals surface area (Å²) in [5.41, 5.74) is 0. The number of carboxylic acid groups (broad SMARTS) is 1. The molecule has 0 aromatic heterocycles. The van der Waals surface area contributed by atoms with E-state index in [9.17, 15) is 9.59 Å². The molecule has 0 aromatic rings. The lowest BCUT2D eigenvalue weighted by molar-refractivity contribution is -0.143. The maximum Gasteiger partial charge on any atom is 0.328 e. The zero-order chi connectivity index (χ0) is 11.1. The molecule has 0 aromatic carbocycles. The Morgan fingerprint density at radius 2 is 2.00 bits per heavy atom. The van der Waals surface area contributed by atoms with Crippen molar-refractivity contribution in [3.8, 4) is 0 Å². The molecule has 6 nitrogen and oxygen atoms in total. The number of nitrogens with one attached hydrogen (secondary N) is 2. The van der Waals surface area contributed by atoms with Crippen LogP contribution in [0.15, 0.2) is 0 Å². The number of aliphatic hydroxyl groups excluding tert-OH is 1. The van der Waals surface area contributed by atoms with E-state index in [0.29, 0.717) is 6.54 Å². The van der Waals surface area contributed by atoms with E-state index in [1.54, 1.807) is 14.0 Å². The highest BCUT2D eigenvalue weighted by molar-refractivity contribution is 5.84. The van der Waals surface area contributed by atoms with Crippen molar-refractivity contribution in [1.82, 2.24) is 10.6 Å². The molecular formula is C8H16N2O4. The molecule has 0 saturated heterocycles. The van der Waals surface area contributed by atoms with Crippen LogP contribution in [0.3, 0.4) is 0 Å². The smallest absolute Gasteiger partial charge is 0.328 e. The third kappa shape index (κ3) is 4.20. The summed E-state index contributed by atoms with van der Waals surface area (Å²) in [4.78, 5) is 21.7. The highest BCUT2D eigenvalue weighted by Gasteiger charge is 2.21. The first-order valence-corrected chi connectivity index (χ1v) is 4.31. The zero-order valence-corrected chi connectivity index (χ0v) is 8.28. The van der Waals surface area contributed by atoms with Crippen LogP contribution in [0.2, 0.25) is 0 Å². The predicted octanol–water partition coefficient (Wildman–Crippen LogP) is -1.60. The number of hydrogen-bond acceptors (Lipinski definition) is 4. The van der Waals surface area contributed by atoms with Crippen molar-refractivity contribution in [3.05, 3.63) is 0 Å². The van der Waals surface area contributed by atoms with Crippen molar-refractivity contribution in [2.45, 2.75) is 13.0 Å². The van der Waals surface area contributed by atoms with Gasteiger partial charge in [-0.15, -0.1) is 0 Å². The van der Waals surface area contributed by atoms with E-state index in [2.05, 4.69) is 10.6 Å². The second-order valence-electron chi connectivity index (χ2n) is 3.04. The van der Waals surface area contributed by atoms with Gasteiger partial charge < -0.3 is 20.8 Å². The van der Waals surface area contributed by atoms with Crippen molar-refractivity contribution >= 4 is 11.9 Å². The monoisotopic (exact) mass is 204 g/mol. The van der Waals surface area contributed by atoms with Gasteiger partial charge in [0.25, 0.3) is 0 Å². The molecule has 4 N–H and O–H groups in total. The fourth-order valence-electron chi connectivity index (χ4n) is 0.898. The third-order valence-corrected chi connectivity index (χ3v) is 1.76. The maximum absolute atomic E-state index is 11.3. The van der Waals surface area contributed by atoms with E-state index in [1.807, 2.05) is 0 Å². The lowest BCUT2D eigenvalue weighted by Crippen LogP contribution is -2.46. The summed E-state index contributed by atoms with van der Waals surface area (Å²) in [6.45, 7) is 1.53. The Kier molecular flexibility index (Phi) is 5.82. The van der Waals surface area contributed by atoms with Crippen LogP contribution in [0.1, 0.15) is 6.92 Å². The largest absolute Gasteiger partial charge is 0.480 e. The van der Waals surface area contributed by atoms with Crippen LogP contribution in [0.5, 0.6) is 0 Å². The molecule has 0 rings (SSSR count). The molecule has 0 saturated carbocycles. The summed E-state index contributed by atoms with van der Waals surface area (Å²) < 4.78 is 0. The molecule has 0 aliphatic heterocycles.